The van der Waals surface area contributed by atoms with Gasteiger partial charge in [-0.15, -0.1) is 0 Å². The molecule has 0 saturated carbocycles. The summed E-state index contributed by atoms with van der Waals surface area (Å²) in [4.78, 5) is 14.4. The Balaban J connectivity index is 2.02. The number of ether oxygens (including phenoxy) is 3. The predicted octanol–water partition coefficient (Wildman–Crippen LogP) is 3.02. The summed E-state index contributed by atoms with van der Waals surface area (Å²) in [6, 6.07) is 5.76. The van der Waals surface area contributed by atoms with E-state index in [1.165, 1.54) is 0 Å². The fourth-order valence-corrected chi connectivity index (χ4v) is 3.12. The lowest BCUT2D eigenvalue weighted by Crippen LogP contribution is -2.51. The number of hydrogen-bond acceptors (Lipinski definition) is 4. The van der Waals surface area contributed by atoms with Gasteiger partial charge in [-0.05, 0) is 45.4 Å². The Hall–Kier alpha value is -1.95. The maximum Gasteiger partial charge on any atom is 0.317 e. The normalized spacial score (nSPS) is 17.5. The number of nitrogens with one attached hydrogen (secondary N) is 1. The number of hydrogen-bond donors (Lipinski definition) is 1. The molecule has 1 N–H and O–H groups in total. The fraction of sp³-hybridized carbons (Fsp3) is 0.632. The minimum atomic E-state index is -0.390. The first-order chi connectivity index (χ1) is 11.9. The number of methoxy groups -OCH3 is 2. The average Bonchev–Trinajstić information content (AvgIpc) is 3.09. The van der Waals surface area contributed by atoms with E-state index in [1.807, 2.05) is 43.9 Å². The van der Waals surface area contributed by atoms with Crippen LogP contribution in [-0.4, -0.2) is 57.0 Å². The summed E-state index contributed by atoms with van der Waals surface area (Å²) in [5.74, 6) is 1.88. The number of carbonyl (C=O) groups is 1. The monoisotopic (exact) mass is 350 g/mol. The molecule has 1 atom stereocenters. The summed E-state index contributed by atoms with van der Waals surface area (Å²) in [7, 11) is 3.32. The van der Waals surface area contributed by atoms with Gasteiger partial charge < -0.3 is 24.4 Å². The lowest BCUT2D eigenvalue weighted by atomic mass is 9.97. The molecule has 1 heterocycles. The molecule has 2 amide bonds. The van der Waals surface area contributed by atoms with Gasteiger partial charge in [-0.2, -0.15) is 0 Å². The third-order valence-corrected chi connectivity index (χ3v) is 4.46. The highest BCUT2D eigenvalue weighted by molar-refractivity contribution is 5.75. The molecule has 2 rings (SSSR count). The minimum Gasteiger partial charge on any atom is -0.497 e. The van der Waals surface area contributed by atoms with Crippen LogP contribution in [0.1, 0.15) is 38.7 Å². The second kappa shape index (κ2) is 8.43. The van der Waals surface area contributed by atoms with Crippen molar-refractivity contribution < 1.29 is 19.0 Å². The van der Waals surface area contributed by atoms with Gasteiger partial charge in [-0.1, -0.05) is 0 Å². The lowest BCUT2D eigenvalue weighted by Gasteiger charge is -2.29. The van der Waals surface area contributed by atoms with Crippen LogP contribution >= 0.6 is 0 Å². The van der Waals surface area contributed by atoms with Crippen LogP contribution in [0.15, 0.2) is 18.2 Å². The van der Waals surface area contributed by atoms with Crippen LogP contribution in [0.4, 0.5) is 4.79 Å². The molecule has 25 heavy (non-hydrogen) atoms. The van der Waals surface area contributed by atoms with Crippen LogP contribution in [0.3, 0.4) is 0 Å². The van der Waals surface area contributed by atoms with Crippen molar-refractivity contribution in [3.63, 3.8) is 0 Å². The number of likely N-dealkylation sites (tertiary alicyclic amines) is 1. The molecule has 0 aromatic heterocycles. The molecular formula is C19H30N2O4. The summed E-state index contributed by atoms with van der Waals surface area (Å²) in [5.41, 5.74) is 0.699. The third kappa shape index (κ3) is 5.01. The summed E-state index contributed by atoms with van der Waals surface area (Å²) in [6.07, 6.45) is 0.906. The van der Waals surface area contributed by atoms with Crippen molar-refractivity contribution in [1.29, 1.82) is 0 Å². The first-order valence-corrected chi connectivity index (χ1v) is 8.77. The number of benzene rings is 1. The maximum absolute atomic E-state index is 12.6. The Kier molecular flexibility index (Phi) is 6.53. The predicted molar refractivity (Wildman–Crippen MR) is 97.6 cm³/mol. The summed E-state index contributed by atoms with van der Waals surface area (Å²) in [6.45, 7) is 8.42. The zero-order chi connectivity index (χ0) is 18.4. The third-order valence-electron chi connectivity index (χ3n) is 4.46. The molecule has 1 unspecified atom stereocenters. The quantitative estimate of drug-likeness (QED) is 0.821. The van der Waals surface area contributed by atoms with E-state index in [0.717, 1.165) is 30.0 Å². The highest BCUT2D eigenvalue weighted by Gasteiger charge is 2.31. The van der Waals surface area contributed by atoms with Crippen LogP contribution in [0, 0.1) is 0 Å². The van der Waals surface area contributed by atoms with Crippen LogP contribution in [0.2, 0.25) is 0 Å². The first kappa shape index (κ1) is 19.4. The van der Waals surface area contributed by atoms with Crippen LogP contribution in [-0.2, 0) is 4.74 Å². The van der Waals surface area contributed by atoms with E-state index in [-0.39, 0.29) is 11.9 Å². The topological polar surface area (TPSA) is 60.0 Å². The zero-order valence-corrected chi connectivity index (χ0v) is 15.9. The van der Waals surface area contributed by atoms with Crippen LogP contribution in [0.25, 0.3) is 0 Å². The number of carbonyl (C=O) groups excluding carboxylic acids is 1. The van der Waals surface area contributed by atoms with E-state index < -0.39 is 5.54 Å². The molecule has 140 valence electrons. The average molecular weight is 350 g/mol. The molecule has 1 saturated heterocycles. The van der Waals surface area contributed by atoms with Gasteiger partial charge in [0.1, 0.15) is 11.5 Å². The van der Waals surface area contributed by atoms with Gasteiger partial charge in [-0.3, -0.25) is 0 Å². The number of nitrogens with zero attached hydrogens (tertiary/aromatic N) is 1. The van der Waals surface area contributed by atoms with Gasteiger partial charge in [0.05, 0.1) is 26.4 Å². The van der Waals surface area contributed by atoms with Crippen molar-refractivity contribution in [2.75, 3.05) is 40.5 Å². The van der Waals surface area contributed by atoms with Crippen molar-refractivity contribution in [2.45, 2.75) is 38.6 Å². The molecule has 0 radical (unpaired) electrons. The molecule has 0 aliphatic carbocycles. The Morgan fingerprint density at radius 1 is 1.32 bits per heavy atom. The van der Waals surface area contributed by atoms with E-state index in [9.17, 15) is 4.79 Å². The maximum atomic E-state index is 12.6. The summed E-state index contributed by atoms with van der Waals surface area (Å²) >= 11 is 0. The Labute approximate surface area is 150 Å². The summed E-state index contributed by atoms with van der Waals surface area (Å²) < 4.78 is 16.3. The standard InChI is InChI=1S/C19H30N2O4/c1-6-25-13-19(2,3)20-18(22)21-10-9-14(12-21)16-11-15(23-4)7-8-17(16)24-5/h7-8,11,14H,6,9-10,12-13H2,1-5H3,(H,20,22). The van der Waals surface area contributed by atoms with Crippen LogP contribution in [0.5, 0.6) is 11.5 Å². The molecule has 1 fully saturated rings. The summed E-state index contributed by atoms with van der Waals surface area (Å²) in [5, 5.41) is 3.06. The van der Waals surface area contributed by atoms with Gasteiger partial charge in [0.2, 0.25) is 0 Å². The van der Waals surface area contributed by atoms with Gasteiger partial charge in [0.15, 0.2) is 0 Å². The van der Waals surface area contributed by atoms with Crippen molar-refractivity contribution in [3.05, 3.63) is 23.8 Å². The fourth-order valence-electron chi connectivity index (χ4n) is 3.12. The Morgan fingerprint density at radius 3 is 2.72 bits per heavy atom. The van der Waals surface area contributed by atoms with E-state index in [2.05, 4.69) is 5.32 Å². The van der Waals surface area contributed by atoms with E-state index in [4.69, 9.17) is 14.2 Å². The first-order valence-electron chi connectivity index (χ1n) is 8.77. The highest BCUT2D eigenvalue weighted by atomic mass is 16.5. The molecule has 1 aromatic carbocycles. The van der Waals surface area contributed by atoms with Gasteiger partial charge in [-0.25, -0.2) is 4.79 Å². The zero-order valence-electron chi connectivity index (χ0n) is 15.9. The lowest BCUT2D eigenvalue weighted by molar-refractivity contribution is 0.0918. The van der Waals surface area contributed by atoms with E-state index in [0.29, 0.717) is 19.8 Å². The highest BCUT2D eigenvalue weighted by Crippen LogP contribution is 2.36. The minimum absolute atomic E-state index is 0.0472. The molecule has 1 aliphatic heterocycles. The van der Waals surface area contributed by atoms with Gasteiger partial charge in [0, 0.05) is 31.2 Å². The smallest absolute Gasteiger partial charge is 0.317 e. The molecule has 1 aliphatic rings. The van der Waals surface area contributed by atoms with Crippen molar-refractivity contribution in [3.8, 4) is 11.5 Å². The van der Waals surface area contributed by atoms with Crippen LogP contribution < -0.4 is 14.8 Å². The van der Waals surface area contributed by atoms with E-state index in [1.54, 1.807) is 14.2 Å². The van der Waals surface area contributed by atoms with Gasteiger partial charge in [0.25, 0.3) is 0 Å². The van der Waals surface area contributed by atoms with Gasteiger partial charge >= 0.3 is 6.03 Å². The molecule has 1 aromatic rings. The van der Waals surface area contributed by atoms with Crippen molar-refractivity contribution in [1.82, 2.24) is 10.2 Å². The number of rotatable bonds is 7. The Bertz CT molecular complexity index is 589. The molecule has 0 bridgehead atoms. The Morgan fingerprint density at radius 2 is 2.08 bits per heavy atom. The molecule has 0 spiro atoms. The van der Waals surface area contributed by atoms with Crippen molar-refractivity contribution >= 4 is 6.03 Å². The molecule has 6 nitrogen and oxygen atoms in total. The van der Waals surface area contributed by atoms with E-state index >= 15 is 0 Å². The number of amides is 2. The second-order valence-corrected chi connectivity index (χ2v) is 6.99. The SMILES string of the molecule is CCOCC(C)(C)NC(=O)N1CCC(c2cc(OC)ccc2OC)C1. The van der Waals surface area contributed by atoms with Crippen molar-refractivity contribution in [2.24, 2.45) is 0 Å². The molecule has 6 heteroatoms. The second-order valence-electron chi connectivity index (χ2n) is 6.99. The number of urea groups is 1. The largest absolute Gasteiger partial charge is 0.497 e. The molecular weight excluding hydrogens is 320 g/mol.